The van der Waals surface area contributed by atoms with Crippen LogP contribution in [0.2, 0.25) is 5.02 Å². The quantitative estimate of drug-likeness (QED) is 0.375. The van der Waals surface area contributed by atoms with Crippen LogP contribution in [0.1, 0.15) is 35.4 Å². The van der Waals surface area contributed by atoms with E-state index in [-0.39, 0.29) is 25.6 Å². The molecule has 7 nitrogen and oxygen atoms in total. The number of benzene rings is 3. The van der Waals surface area contributed by atoms with Gasteiger partial charge in [-0.05, 0) is 52.8 Å². The van der Waals surface area contributed by atoms with E-state index in [1.165, 1.54) is 18.2 Å². The number of aliphatic imine (C=N–C) groups is 1. The summed E-state index contributed by atoms with van der Waals surface area (Å²) in [6, 6.07) is 23.4. The molecule has 1 saturated heterocycles. The molecule has 1 aliphatic carbocycles. The van der Waals surface area contributed by atoms with Crippen LogP contribution in [0.5, 0.6) is 0 Å². The summed E-state index contributed by atoms with van der Waals surface area (Å²) in [6.45, 7) is 0.810. The summed E-state index contributed by atoms with van der Waals surface area (Å²) in [5.41, 5.74) is 4.31. The summed E-state index contributed by atoms with van der Waals surface area (Å²) in [7, 11) is 1.34. The van der Waals surface area contributed by atoms with Crippen molar-refractivity contribution in [2.75, 3.05) is 26.9 Å². The normalized spacial score (nSPS) is 21.6. The van der Waals surface area contributed by atoms with E-state index in [1.54, 1.807) is 17.0 Å². The maximum atomic E-state index is 13.4. The predicted molar refractivity (Wildman–Crippen MR) is 148 cm³/mol. The van der Waals surface area contributed by atoms with Gasteiger partial charge in [0.05, 0.1) is 7.11 Å². The summed E-state index contributed by atoms with van der Waals surface area (Å²) >= 11 is 6.17. The molecule has 3 aromatic carbocycles. The maximum Gasteiger partial charge on any atom is 0.410 e. The first-order chi connectivity index (χ1) is 19.0. The van der Waals surface area contributed by atoms with Crippen molar-refractivity contribution in [2.24, 2.45) is 4.99 Å². The average molecular weight is 545 g/mol. The van der Waals surface area contributed by atoms with Gasteiger partial charge >= 0.3 is 12.1 Å². The molecule has 6 rings (SSSR count). The van der Waals surface area contributed by atoms with Crippen molar-refractivity contribution in [3.05, 3.63) is 94.5 Å². The second-order valence-corrected chi connectivity index (χ2v) is 10.7. The molecule has 3 aliphatic rings. The molecule has 0 aromatic heterocycles. The molecule has 1 amide bonds. The van der Waals surface area contributed by atoms with Gasteiger partial charge in [0.15, 0.2) is 5.54 Å². The molecule has 0 bridgehead atoms. The highest BCUT2D eigenvalue weighted by Crippen LogP contribution is 2.44. The highest BCUT2D eigenvalue weighted by molar-refractivity contribution is 6.30. The Morgan fingerprint density at radius 3 is 2.46 bits per heavy atom. The number of nitrogens with zero attached hydrogens (tertiary/aromatic N) is 2. The number of likely N-dealkylation sites (tertiary alicyclic amines) is 1. The number of carbonyl (C=O) groups excluding carboxylic acids is 2. The lowest BCUT2D eigenvalue weighted by molar-refractivity contribution is -0.147. The molecule has 0 radical (unpaired) electrons. The SMILES string of the molecule is COC(=O)[C@@]1(Cc2cccc(Cl)c2)COC([C@@H]2CCCN2C(=O)OCC2c3ccccc3-c3ccccc32)=N1. The van der Waals surface area contributed by atoms with Gasteiger partial charge in [0.25, 0.3) is 0 Å². The fourth-order valence-electron chi connectivity index (χ4n) is 6.00. The average Bonchev–Trinajstić information content (AvgIpc) is 3.68. The molecular formula is C31H29ClN2O5. The number of halogens is 1. The lowest BCUT2D eigenvalue weighted by atomic mass is 9.92. The highest BCUT2D eigenvalue weighted by Gasteiger charge is 2.49. The van der Waals surface area contributed by atoms with E-state index in [9.17, 15) is 9.59 Å². The number of methoxy groups -OCH3 is 1. The number of hydrogen-bond acceptors (Lipinski definition) is 6. The van der Waals surface area contributed by atoms with Gasteiger partial charge in [-0.2, -0.15) is 0 Å². The fourth-order valence-corrected chi connectivity index (χ4v) is 6.21. The van der Waals surface area contributed by atoms with Crippen LogP contribution in [0.4, 0.5) is 4.79 Å². The molecule has 8 heteroatoms. The van der Waals surface area contributed by atoms with Crippen LogP contribution in [-0.2, 0) is 25.4 Å². The Bertz CT molecular complexity index is 1410. The van der Waals surface area contributed by atoms with Crippen LogP contribution >= 0.6 is 11.6 Å². The third-order valence-electron chi connectivity index (χ3n) is 7.84. The molecule has 0 unspecified atom stereocenters. The van der Waals surface area contributed by atoms with Crippen LogP contribution in [-0.4, -0.2) is 61.3 Å². The minimum atomic E-state index is -1.23. The first kappa shape index (κ1) is 25.4. The molecule has 200 valence electrons. The van der Waals surface area contributed by atoms with Crippen molar-refractivity contribution >= 4 is 29.6 Å². The van der Waals surface area contributed by atoms with Crippen LogP contribution in [0.3, 0.4) is 0 Å². The summed E-state index contributed by atoms with van der Waals surface area (Å²) in [5, 5.41) is 0.577. The van der Waals surface area contributed by atoms with E-state index in [4.69, 9.17) is 30.8 Å². The monoisotopic (exact) mass is 544 g/mol. The third kappa shape index (κ3) is 4.65. The summed E-state index contributed by atoms with van der Waals surface area (Å²) in [5.74, 6) is -0.135. The maximum absolute atomic E-state index is 13.4. The molecule has 39 heavy (non-hydrogen) atoms. The van der Waals surface area contributed by atoms with Crippen LogP contribution in [0.15, 0.2) is 77.8 Å². The van der Waals surface area contributed by atoms with Crippen molar-refractivity contribution < 1.29 is 23.8 Å². The zero-order valence-electron chi connectivity index (χ0n) is 21.6. The van der Waals surface area contributed by atoms with Gasteiger partial charge in [0, 0.05) is 23.9 Å². The smallest absolute Gasteiger partial charge is 0.410 e. The van der Waals surface area contributed by atoms with Gasteiger partial charge in [0.1, 0.15) is 19.3 Å². The number of amides is 1. The molecule has 0 saturated carbocycles. The van der Waals surface area contributed by atoms with Gasteiger partial charge in [-0.15, -0.1) is 0 Å². The van der Waals surface area contributed by atoms with Gasteiger partial charge < -0.3 is 14.2 Å². The first-order valence-corrected chi connectivity index (χ1v) is 13.5. The summed E-state index contributed by atoms with van der Waals surface area (Å²) < 4.78 is 17.0. The lowest BCUT2D eigenvalue weighted by Crippen LogP contribution is -2.42. The number of rotatable bonds is 6. The largest absolute Gasteiger partial charge is 0.476 e. The Hall–Kier alpha value is -3.84. The Kier molecular flexibility index (Phi) is 6.77. The number of fused-ring (bicyclic) bond motifs is 3. The Morgan fingerprint density at radius 1 is 1.05 bits per heavy atom. The molecule has 0 N–H and O–H groups in total. The van der Waals surface area contributed by atoms with E-state index in [1.807, 2.05) is 36.4 Å². The van der Waals surface area contributed by atoms with Gasteiger partial charge in [-0.25, -0.2) is 14.6 Å². The second kappa shape index (κ2) is 10.4. The van der Waals surface area contributed by atoms with Crippen molar-refractivity contribution in [3.63, 3.8) is 0 Å². The van der Waals surface area contributed by atoms with E-state index in [0.717, 1.165) is 23.1 Å². The van der Waals surface area contributed by atoms with E-state index >= 15 is 0 Å². The van der Waals surface area contributed by atoms with E-state index in [0.29, 0.717) is 23.9 Å². The Labute approximate surface area is 232 Å². The van der Waals surface area contributed by atoms with E-state index < -0.39 is 23.6 Å². The molecule has 1 fully saturated rings. The fraction of sp³-hybridized carbons (Fsp3) is 0.323. The van der Waals surface area contributed by atoms with Crippen molar-refractivity contribution in [1.82, 2.24) is 4.90 Å². The highest BCUT2D eigenvalue weighted by atomic mass is 35.5. The number of esters is 1. The van der Waals surface area contributed by atoms with Crippen LogP contribution in [0, 0.1) is 0 Å². The Balaban J connectivity index is 1.19. The Morgan fingerprint density at radius 2 is 1.77 bits per heavy atom. The van der Waals surface area contributed by atoms with Gasteiger partial charge in [0.2, 0.25) is 5.90 Å². The first-order valence-electron chi connectivity index (χ1n) is 13.2. The summed E-state index contributed by atoms with van der Waals surface area (Å²) in [6.07, 6.45) is 1.34. The minimum Gasteiger partial charge on any atom is -0.476 e. The van der Waals surface area contributed by atoms with Crippen molar-refractivity contribution in [2.45, 2.75) is 36.8 Å². The van der Waals surface area contributed by atoms with Crippen LogP contribution in [0.25, 0.3) is 11.1 Å². The molecule has 2 heterocycles. The number of hydrogen-bond donors (Lipinski definition) is 0. The lowest BCUT2D eigenvalue weighted by Gasteiger charge is -2.24. The zero-order valence-corrected chi connectivity index (χ0v) is 22.4. The van der Waals surface area contributed by atoms with Crippen LogP contribution < -0.4 is 0 Å². The summed E-state index contributed by atoms with van der Waals surface area (Å²) in [4.78, 5) is 32.7. The molecular weight excluding hydrogens is 516 g/mol. The van der Waals surface area contributed by atoms with Gasteiger partial charge in [-0.3, -0.25) is 4.90 Å². The van der Waals surface area contributed by atoms with Gasteiger partial charge in [-0.1, -0.05) is 72.3 Å². The molecule has 2 aliphatic heterocycles. The van der Waals surface area contributed by atoms with Crippen molar-refractivity contribution in [3.8, 4) is 11.1 Å². The third-order valence-corrected chi connectivity index (χ3v) is 8.08. The molecule has 0 spiro atoms. The molecule has 3 aromatic rings. The topological polar surface area (TPSA) is 77.4 Å². The molecule has 2 atom stereocenters. The zero-order chi connectivity index (χ0) is 27.0. The standard InChI is InChI=1S/C31H29ClN2O5/c1-37-29(35)31(17-20-8-6-9-21(32)16-20)19-39-28(33-31)27-14-7-15-34(27)30(36)38-18-26-24-12-4-2-10-22(24)23-11-3-5-13-25(23)26/h2-6,8-13,16,26-27H,7,14-15,17-19H2,1H3/t27-,31+/m0/s1. The second-order valence-electron chi connectivity index (χ2n) is 10.2. The predicted octanol–water partition coefficient (Wildman–Crippen LogP) is 5.64. The number of ether oxygens (including phenoxy) is 3. The number of carbonyl (C=O) groups is 2. The minimum absolute atomic E-state index is 0.0212. The van der Waals surface area contributed by atoms with Crippen molar-refractivity contribution in [1.29, 1.82) is 0 Å². The van der Waals surface area contributed by atoms with E-state index in [2.05, 4.69) is 24.3 Å².